The molecule has 0 spiro atoms. The molecule has 6 nitrogen and oxygen atoms in total. The minimum atomic E-state index is -1.03. The third kappa shape index (κ3) is 4.94. The molecule has 0 saturated heterocycles. The van der Waals surface area contributed by atoms with E-state index in [4.69, 9.17) is 10.4 Å². The molecule has 8 heteroatoms. The summed E-state index contributed by atoms with van der Waals surface area (Å²) in [6.07, 6.45) is 3.22. The van der Waals surface area contributed by atoms with E-state index in [9.17, 15) is 9.59 Å². The van der Waals surface area contributed by atoms with Gasteiger partial charge in [-0.05, 0) is 42.2 Å². The SMILES string of the molecule is CSC(=Nc1c(CC(=O)O)cccc1C(=O)c1ccc(Br)cc1)NC#N. The summed E-state index contributed by atoms with van der Waals surface area (Å²) in [5.74, 6) is -1.31. The Morgan fingerprint density at radius 3 is 2.54 bits per heavy atom. The van der Waals surface area contributed by atoms with Crippen LogP contribution in [0.5, 0.6) is 0 Å². The number of carboxylic acids is 1. The van der Waals surface area contributed by atoms with Crippen molar-refractivity contribution in [1.82, 2.24) is 5.32 Å². The Labute approximate surface area is 163 Å². The zero-order valence-electron chi connectivity index (χ0n) is 13.7. The number of carbonyl (C=O) groups is 2. The summed E-state index contributed by atoms with van der Waals surface area (Å²) in [6, 6.07) is 11.7. The first-order valence-corrected chi connectivity index (χ1v) is 9.39. The second-order valence-corrected chi connectivity index (χ2v) is 6.79. The Morgan fingerprint density at radius 1 is 1.27 bits per heavy atom. The molecule has 0 unspecified atom stereocenters. The quantitative estimate of drug-likeness (QED) is 0.245. The number of carboxylic acid groups (broad SMARTS) is 1. The number of hydrogen-bond acceptors (Lipinski definition) is 5. The van der Waals surface area contributed by atoms with E-state index in [-0.39, 0.29) is 28.6 Å². The minimum absolute atomic E-state index is 0.245. The lowest BCUT2D eigenvalue weighted by Crippen LogP contribution is -2.14. The van der Waals surface area contributed by atoms with Crippen molar-refractivity contribution in [3.05, 3.63) is 63.6 Å². The molecule has 2 N–H and O–H groups in total. The van der Waals surface area contributed by atoms with Crippen LogP contribution in [0.2, 0.25) is 0 Å². The van der Waals surface area contributed by atoms with E-state index in [0.29, 0.717) is 11.1 Å². The number of benzene rings is 2. The van der Waals surface area contributed by atoms with Gasteiger partial charge in [-0.15, -0.1) is 0 Å². The van der Waals surface area contributed by atoms with Gasteiger partial charge in [-0.3, -0.25) is 14.9 Å². The monoisotopic (exact) mass is 431 g/mol. The van der Waals surface area contributed by atoms with Crippen molar-refractivity contribution in [1.29, 1.82) is 5.26 Å². The summed E-state index contributed by atoms with van der Waals surface area (Å²) in [7, 11) is 0. The predicted molar refractivity (Wildman–Crippen MR) is 105 cm³/mol. The first kappa shape index (κ1) is 19.7. The number of thioether (sulfide) groups is 1. The maximum Gasteiger partial charge on any atom is 0.307 e. The number of aliphatic carboxylic acids is 1. The van der Waals surface area contributed by atoms with E-state index in [1.54, 1.807) is 54.9 Å². The molecule has 0 radical (unpaired) electrons. The number of amidine groups is 1. The largest absolute Gasteiger partial charge is 0.481 e. The fourth-order valence-corrected chi connectivity index (χ4v) is 2.84. The second kappa shape index (κ2) is 9.17. The molecule has 2 aromatic carbocycles. The number of hydrogen-bond donors (Lipinski definition) is 2. The van der Waals surface area contributed by atoms with Crippen molar-refractivity contribution >= 4 is 50.3 Å². The maximum absolute atomic E-state index is 12.9. The lowest BCUT2D eigenvalue weighted by molar-refractivity contribution is -0.136. The standard InChI is InChI=1S/C18H14BrN3O3S/c1-26-18(21-10-20)22-16-12(9-15(23)24)3-2-4-14(16)17(25)11-5-7-13(19)8-6-11/h2-8H,9H2,1H3,(H,21,22)(H,23,24). The van der Waals surface area contributed by atoms with Gasteiger partial charge >= 0.3 is 5.97 Å². The van der Waals surface area contributed by atoms with E-state index in [0.717, 1.165) is 4.47 Å². The molecule has 0 saturated carbocycles. The number of nitriles is 1. The Morgan fingerprint density at radius 2 is 1.96 bits per heavy atom. The van der Waals surface area contributed by atoms with Gasteiger partial charge in [-0.25, -0.2) is 4.99 Å². The van der Waals surface area contributed by atoms with Crippen LogP contribution in [0.15, 0.2) is 51.9 Å². The molecule has 0 aliphatic heterocycles. The summed E-state index contributed by atoms with van der Waals surface area (Å²) in [5, 5.41) is 20.7. The lowest BCUT2D eigenvalue weighted by atomic mass is 9.97. The van der Waals surface area contributed by atoms with Crippen LogP contribution in [0.4, 0.5) is 5.69 Å². The summed E-state index contributed by atoms with van der Waals surface area (Å²) in [5.41, 5.74) is 1.37. The number of nitrogens with one attached hydrogen (secondary N) is 1. The van der Waals surface area contributed by atoms with Gasteiger partial charge in [0.15, 0.2) is 17.1 Å². The van der Waals surface area contributed by atoms with Crippen molar-refractivity contribution in [2.75, 3.05) is 6.26 Å². The minimum Gasteiger partial charge on any atom is -0.481 e. The fourth-order valence-electron chi connectivity index (χ4n) is 2.24. The Hall–Kier alpha value is -2.63. The summed E-state index contributed by atoms with van der Waals surface area (Å²) in [6.45, 7) is 0. The molecule has 2 rings (SSSR count). The molecule has 0 aliphatic carbocycles. The highest BCUT2D eigenvalue weighted by atomic mass is 79.9. The van der Waals surface area contributed by atoms with Crippen LogP contribution < -0.4 is 5.32 Å². The van der Waals surface area contributed by atoms with Gasteiger partial charge in [-0.2, -0.15) is 5.26 Å². The first-order chi connectivity index (χ1) is 12.5. The predicted octanol–water partition coefficient (Wildman–Crippen LogP) is 3.73. The van der Waals surface area contributed by atoms with E-state index >= 15 is 0 Å². The number of para-hydroxylation sites is 1. The smallest absolute Gasteiger partial charge is 0.307 e. The summed E-state index contributed by atoms with van der Waals surface area (Å²) < 4.78 is 0.842. The van der Waals surface area contributed by atoms with Gasteiger partial charge in [0, 0.05) is 15.6 Å². The van der Waals surface area contributed by atoms with E-state index in [1.807, 2.05) is 0 Å². The molecule has 0 fully saturated rings. The number of ketones is 1. The first-order valence-electron chi connectivity index (χ1n) is 7.38. The molecular formula is C18H14BrN3O3S. The van der Waals surface area contributed by atoms with Crippen molar-refractivity contribution in [3.8, 4) is 6.19 Å². The molecule has 0 bridgehead atoms. The van der Waals surface area contributed by atoms with Crippen molar-refractivity contribution in [3.63, 3.8) is 0 Å². The zero-order valence-corrected chi connectivity index (χ0v) is 16.1. The van der Waals surface area contributed by atoms with Crippen LogP contribution in [0, 0.1) is 11.5 Å². The lowest BCUT2D eigenvalue weighted by Gasteiger charge is -2.11. The number of aliphatic imine (C=N–C) groups is 1. The molecule has 0 heterocycles. The Balaban J connectivity index is 2.61. The summed E-state index contributed by atoms with van der Waals surface area (Å²) >= 11 is 4.51. The van der Waals surface area contributed by atoms with Gasteiger partial charge in [0.1, 0.15) is 0 Å². The Bertz CT molecular complexity index is 905. The van der Waals surface area contributed by atoms with E-state index in [1.165, 1.54) is 11.8 Å². The van der Waals surface area contributed by atoms with Crippen LogP contribution in [0.1, 0.15) is 21.5 Å². The number of nitrogens with zero attached hydrogens (tertiary/aromatic N) is 2. The van der Waals surface area contributed by atoms with E-state index < -0.39 is 5.97 Å². The molecule has 0 aromatic heterocycles. The molecular weight excluding hydrogens is 418 g/mol. The van der Waals surface area contributed by atoms with E-state index in [2.05, 4.69) is 26.2 Å². The summed E-state index contributed by atoms with van der Waals surface area (Å²) in [4.78, 5) is 28.4. The average Bonchev–Trinajstić information content (AvgIpc) is 2.62. The van der Waals surface area contributed by atoms with Crippen LogP contribution in [-0.2, 0) is 11.2 Å². The molecule has 0 amide bonds. The molecule has 2 aromatic rings. The van der Waals surface area contributed by atoms with Gasteiger partial charge in [0.2, 0.25) is 0 Å². The highest BCUT2D eigenvalue weighted by Gasteiger charge is 2.18. The number of halogens is 1. The molecule has 0 atom stereocenters. The normalized spacial score (nSPS) is 10.9. The third-order valence-corrected chi connectivity index (χ3v) is 4.49. The van der Waals surface area contributed by atoms with Gasteiger partial charge in [-0.1, -0.05) is 39.8 Å². The Kier molecular flexibility index (Phi) is 6.95. The highest BCUT2D eigenvalue weighted by molar-refractivity contribution is 9.10. The number of rotatable bonds is 5. The molecule has 26 heavy (non-hydrogen) atoms. The fraction of sp³-hybridized carbons (Fsp3) is 0.111. The van der Waals surface area contributed by atoms with Gasteiger partial charge in [0.25, 0.3) is 0 Å². The highest BCUT2D eigenvalue weighted by Crippen LogP contribution is 2.29. The van der Waals surface area contributed by atoms with Crippen LogP contribution >= 0.6 is 27.7 Å². The van der Waals surface area contributed by atoms with Crippen molar-refractivity contribution in [2.45, 2.75) is 6.42 Å². The van der Waals surface area contributed by atoms with Gasteiger partial charge in [0.05, 0.1) is 12.1 Å². The van der Waals surface area contributed by atoms with Crippen molar-refractivity contribution in [2.24, 2.45) is 4.99 Å². The van der Waals surface area contributed by atoms with Crippen LogP contribution in [-0.4, -0.2) is 28.3 Å². The van der Waals surface area contributed by atoms with Gasteiger partial charge < -0.3 is 5.11 Å². The topological polar surface area (TPSA) is 103 Å². The van der Waals surface area contributed by atoms with Crippen LogP contribution in [0.3, 0.4) is 0 Å². The average molecular weight is 432 g/mol. The van der Waals surface area contributed by atoms with Crippen LogP contribution in [0.25, 0.3) is 0 Å². The molecule has 0 aliphatic rings. The van der Waals surface area contributed by atoms with Crippen molar-refractivity contribution < 1.29 is 14.7 Å². The third-order valence-electron chi connectivity index (χ3n) is 3.38. The maximum atomic E-state index is 12.9. The second-order valence-electron chi connectivity index (χ2n) is 5.08. The zero-order chi connectivity index (χ0) is 19.1. The number of carbonyl (C=O) groups excluding carboxylic acids is 1. The molecule has 132 valence electrons.